The summed E-state index contributed by atoms with van der Waals surface area (Å²) < 4.78 is 5.15. The van der Waals surface area contributed by atoms with Crippen LogP contribution in [0.3, 0.4) is 0 Å². The molecule has 0 radical (unpaired) electrons. The molecule has 1 aliphatic heterocycles. The van der Waals surface area contributed by atoms with E-state index in [1.54, 1.807) is 23.0 Å². The predicted octanol–water partition coefficient (Wildman–Crippen LogP) is 1.94. The standard InChI is InChI=1S/C19H22N4O3/c1-4-18(24)22-9-10-23(13(2)12-22)19(25)17-11-16(20-21-17)14-5-7-15(26-3)8-6-14/h4-8,11,13H,1,9-10,12H2,2-3H3,(H,20,21)/t13-/m0/s1. The highest BCUT2D eigenvalue weighted by molar-refractivity contribution is 5.94. The summed E-state index contributed by atoms with van der Waals surface area (Å²) in [6, 6.07) is 9.16. The van der Waals surface area contributed by atoms with Gasteiger partial charge in [0.05, 0.1) is 12.8 Å². The molecule has 1 N–H and O–H groups in total. The van der Waals surface area contributed by atoms with Crippen LogP contribution in [0.25, 0.3) is 11.3 Å². The number of carbonyl (C=O) groups is 2. The zero-order valence-electron chi connectivity index (χ0n) is 14.9. The maximum Gasteiger partial charge on any atom is 0.272 e. The lowest BCUT2D eigenvalue weighted by Crippen LogP contribution is -2.55. The maximum absolute atomic E-state index is 12.8. The molecule has 136 valence electrons. The average Bonchev–Trinajstić information content (AvgIpc) is 3.17. The molecule has 1 aromatic heterocycles. The number of piperazine rings is 1. The molecule has 1 saturated heterocycles. The van der Waals surface area contributed by atoms with Crippen LogP contribution in [0, 0.1) is 0 Å². The Morgan fingerprint density at radius 2 is 2.04 bits per heavy atom. The van der Waals surface area contributed by atoms with Crippen molar-refractivity contribution in [2.75, 3.05) is 26.7 Å². The number of aromatic amines is 1. The number of aromatic nitrogens is 2. The Morgan fingerprint density at radius 3 is 2.65 bits per heavy atom. The molecule has 0 spiro atoms. The fraction of sp³-hybridized carbons (Fsp3) is 0.316. The molecule has 7 nitrogen and oxygen atoms in total. The first-order valence-electron chi connectivity index (χ1n) is 8.45. The van der Waals surface area contributed by atoms with Crippen LogP contribution in [0.1, 0.15) is 17.4 Å². The predicted molar refractivity (Wildman–Crippen MR) is 97.9 cm³/mol. The number of methoxy groups -OCH3 is 1. The first kappa shape index (κ1) is 17.7. The summed E-state index contributed by atoms with van der Waals surface area (Å²) in [5, 5.41) is 7.07. The molecule has 0 unspecified atom stereocenters. The highest BCUT2D eigenvalue weighted by atomic mass is 16.5. The quantitative estimate of drug-likeness (QED) is 0.851. The molecule has 0 bridgehead atoms. The number of nitrogens with one attached hydrogen (secondary N) is 1. The third-order valence-corrected chi connectivity index (χ3v) is 4.57. The third kappa shape index (κ3) is 3.46. The molecule has 3 rings (SSSR count). The van der Waals surface area contributed by atoms with E-state index < -0.39 is 0 Å². The van der Waals surface area contributed by atoms with E-state index in [1.165, 1.54) is 6.08 Å². The lowest BCUT2D eigenvalue weighted by Gasteiger charge is -2.39. The van der Waals surface area contributed by atoms with Gasteiger partial charge in [-0.1, -0.05) is 6.58 Å². The Hall–Kier alpha value is -3.09. The Balaban J connectivity index is 1.71. The summed E-state index contributed by atoms with van der Waals surface area (Å²) in [6.45, 7) is 6.92. The first-order valence-corrected chi connectivity index (χ1v) is 8.45. The molecule has 1 aromatic carbocycles. The van der Waals surface area contributed by atoms with E-state index in [1.807, 2.05) is 31.2 Å². The number of nitrogens with zero attached hydrogens (tertiary/aromatic N) is 3. The Bertz CT molecular complexity index is 812. The second-order valence-corrected chi connectivity index (χ2v) is 6.23. The zero-order chi connectivity index (χ0) is 18.7. The molecule has 1 fully saturated rings. The van der Waals surface area contributed by atoms with Gasteiger partial charge in [0.2, 0.25) is 5.91 Å². The number of H-pyrrole nitrogens is 1. The van der Waals surface area contributed by atoms with Gasteiger partial charge in [-0.25, -0.2) is 0 Å². The second-order valence-electron chi connectivity index (χ2n) is 6.23. The van der Waals surface area contributed by atoms with Gasteiger partial charge in [0.25, 0.3) is 5.91 Å². The zero-order valence-corrected chi connectivity index (χ0v) is 14.9. The second kappa shape index (κ2) is 7.43. The summed E-state index contributed by atoms with van der Waals surface area (Å²) in [5.41, 5.74) is 2.03. The largest absolute Gasteiger partial charge is 0.497 e. The molecular weight excluding hydrogens is 332 g/mol. The van der Waals surface area contributed by atoms with E-state index in [4.69, 9.17) is 4.74 Å². The van der Waals surface area contributed by atoms with Gasteiger partial charge in [-0.15, -0.1) is 0 Å². The van der Waals surface area contributed by atoms with Crippen LogP contribution in [-0.2, 0) is 4.79 Å². The van der Waals surface area contributed by atoms with Crippen LogP contribution in [0.5, 0.6) is 5.75 Å². The average molecular weight is 354 g/mol. The fourth-order valence-electron chi connectivity index (χ4n) is 3.08. The minimum Gasteiger partial charge on any atom is -0.497 e. The summed E-state index contributed by atoms with van der Waals surface area (Å²) in [6.07, 6.45) is 1.31. The van der Waals surface area contributed by atoms with Crippen LogP contribution >= 0.6 is 0 Å². The summed E-state index contributed by atoms with van der Waals surface area (Å²) in [5.74, 6) is 0.545. The van der Waals surface area contributed by atoms with Crippen molar-refractivity contribution in [1.82, 2.24) is 20.0 Å². The highest BCUT2D eigenvalue weighted by Crippen LogP contribution is 2.22. The van der Waals surface area contributed by atoms with Gasteiger partial charge in [0, 0.05) is 31.2 Å². The molecule has 1 atom stereocenters. The first-order chi connectivity index (χ1) is 12.5. The smallest absolute Gasteiger partial charge is 0.272 e. The summed E-state index contributed by atoms with van der Waals surface area (Å²) in [7, 11) is 1.61. The van der Waals surface area contributed by atoms with Crippen LogP contribution in [0.2, 0.25) is 0 Å². The van der Waals surface area contributed by atoms with E-state index in [0.29, 0.717) is 31.0 Å². The lowest BCUT2D eigenvalue weighted by atomic mass is 10.1. The van der Waals surface area contributed by atoms with Crippen molar-refractivity contribution in [1.29, 1.82) is 0 Å². The van der Waals surface area contributed by atoms with E-state index >= 15 is 0 Å². The molecule has 0 aliphatic carbocycles. The van der Waals surface area contributed by atoms with Crippen molar-refractivity contribution in [2.45, 2.75) is 13.0 Å². The van der Waals surface area contributed by atoms with Crippen LogP contribution in [0.15, 0.2) is 43.0 Å². The van der Waals surface area contributed by atoms with Crippen molar-refractivity contribution in [3.8, 4) is 17.0 Å². The monoisotopic (exact) mass is 354 g/mol. The van der Waals surface area contributed by atoms with Gasteiger partial charge >= 0.3 is 0 Å². The van der Waals surface area contributed by atoms with Crippen molar-refractivity contribution >= 4 is 11.8 Å². The maximum atomic E-state index is 12.8. The van der Waals surface area contributed by atoms with Gasteiger partial charge in [0.15, 0.2) is 0 Å². The van der Waals surface area contributed by atoms with Crippen molar-refractivity contribution in [3.05, 3.63) is 48.7 Å². The van der Waals surface area contributed by atoms with Gasteiger partial charge in [-0.3, -0.25) is 14.7 Å². The van der Waals surface area contributed by atoms with Crippen molar-refractivity contribution in [2.24, 2.45) is 0 Å². The minimum atomic E-state index is -0.115. The van der Waals surface area contributed by atoms with E-state index in [-0.39, 0.29) is 17.9 Å². The SMILES string of the molecule is C=CC(=O)N1CCN(C(=O)c2cc(-c3ccc(OC)cc3)n[nH]2)[C@@H](C)C1. The Labute approximate surface area is 152 Å². The van der Waals surface area contributed by atoms with E-state index in [2.05, 4.69) is 16.8 Å². The Kier molecular flexibility index (Phi) is 5.06. The third-order valence-electron chi connectivity index (χ3n) is 4.57. The number of carbonyl (C=O) groups excluding carboxylic acids is 2. The van der Waals surface area contributed by atoms with Crippen LogP contribution in [0.4, 0.5) is 0 Å². The minimum absolute atomic E-state index is 0.0760. The van der Waals surface area contributed by atoms with Gasteiger partial charge in [-0.05, 0) is 43.3 Å². The molecule has 2 amide bonds. The number of hydrogen-bond acceptors (Lipinski definition) is 4. The van der Waals surface area contributed by atoms with Gasteiger partial charge < -0.3 is 14.5 Å². The lowest BCUT2D eigenvalue weighted by molar-refractivity contribution is -0.128. The van der Waals surface area contributed by atoms with E-state index in [9.17, 15) is 9.59 Å². The highest BCUT2D eigenvalue weighted by Gasteiger charge is 2.30. The summed E-state index contributed by atoms with van der Waals surface area (Å²) >= 11 is 0. The number of rotatable bonds is 4. The number of amides is 2. The molecule has 2 heterocycles. The van der Waals surface area contributed by atoms with Crippen LogP contribution in [-0.4, -0.2) is 64.6 Å². The molecule has 0 saturated carbocycles. The molecule has 7 heteroatoms. The Morgan fingerprint density at radius 1 is 1.31 bits per heavy atom. The molecular formula is C19H22N4O3. The topological polar surface area (TPSA) is 78.5 Å². The van der Waals surface area contributed by atoms with Gasteiger partial charge in [0.1, 0.15) is 11.4 Å². The van der Waals surface area contributed by atoms with E-state index in [0.717, 1.165) is 11.3 Å². The number of benzene rings is 1. The van der Waals surface area contributed by atoms with Gasteiger partial charge in [-0.2, -0.15) is 5.10 Å². The van der Waals surface area contributed by atoms with Crippen molar-refractivity contribution < 1.29 is 14.3 Å². The van der Waals surface area contributed by atoms with Crippen molar-refractivity contribution in [3.63, 3.8) is 0 Å². The fourth-order valence-corrected chi connectivity index (χ4v) is 3.08. The number of hydrogen-bond donors (Lipinski definition) is 1. The molecule has 2 aromatic rings. The summed E-state index contributed by atoms with van der Waals surface area (Å²) in [4.78, 5) is 28.0. The molecule has 26 heavy (non-hydrogen) atoms. The normalized spacial score (nSPS) is 17.1. The van der Waals surface area contributed by atoms with Crippen LogP contribution < -0.4 is 4.74 Å². The number of ether oxygens (including phenoxy) is 1. The molecule has 1 aliphatic rings.